The first-order chi connectivity index (χ1) is 16.9. The van der Waals surface area contributed by atoms with Crippen LogP contribution in [0.25, 0.3) is 0 Å². The summed E-state index contributed by atoms with van der Waals surface area (Å²) >= 11 is 0. The third-order valence-corrected chi connectivity index (χ3v) is 7.03. The molecule has 2 saturated heterocycles. The molecule has 2 aromatic carbocycles. The zero-order valence-corrected chi connectivity index (χ0v) is 22.3. The van der Waals surface area contributed by atoms with E-state index in [-0.39, 0.29) is 24.2 Å². The quantitative estimate of drug-likeness (QED) is 0.496. The lowest BCUT2D eigenvalue weighted by atomic mass is 9.81. The number of piperazine rings is 1. The fraction of sp³-hybridized carbons (Fsp3) is 0.448. The summed E-state index contributed by atoms with van der Waals surface area (Å²) in [4.78, 5) is 31.0. The molecule has 2 fully saturated rings. The number of nitrogens with zero attached hydrogens (tertiary/aromatic N) is 2. The Morgan fingerprint density at radius 2 is 1.67 bits per heavy atom. The summed E-state index contributed by atoms with van der Waals surface area (Å²) in [5.41, 5.74) is 0.446. The Hall–Kier alpha value is -2.83. The molecule has 0 bridgehead atoms. The number of piperidine rings is 1. The second-order valence-electron chi connectivity index (χ2n) is 10.0. The predicted octanol–water partition coefficient (Wildman–Crippen LogP) is 5.18. The van der Waals surface area contributed by atoms with Crippen molar-refractivity contribution in [3.63, 3.8) is 0 Å². The predicted molar refractivity (Wildman–Crippen MR) is 145 cm³/mol. The first-order valence-electron chi connectivity index (χ1n) is 12.7. The molecule has 2 aliphatic heterocycles. The molecule has 4 rings (SSSR count). The van der Waals surface area contributed by atoms with E-state index in [2.05, 4.69) is 36.2 Å². The van der Waals surface area contributed by atoms with Crippen LogP contribution in [0.4, 0.5) is 0 Å². The standard InChI is InChI=1S/C29H37N3O3.ClH/c1-4-5-17-32-27(33)26(20-22(2)3)30-28(34)29(32)15-18-31(19-16-29)21-23-11-13-25(14-12-23)35-24-9-7-6-8-10-24;/h4-14,22,26H,15-21H2,1-3H3,(H,30,34);1H/b5-4+;. The number of rotatable bonds is 8. The van der Waals surface area contributed by atoms with E-state index in [1.165, 1.54) is 5.56 Å². The molecule has 0 aromatic heterocycles. The van der Waals surface area contributed by atoms with Gasteiger partial charge >= 0.3 is 0 Å². The Bertz CT molecular complexity index is 1030. The van der Waals surface area contributed by atoms with Crippen LogP contribution in [0.2, 0.25) is 0 Å². The Balaban J connectivity index is 0.00000361. The van der Waals surface area contributed by atoms with E-state index in [0.29, 0.717) is 31.7 Å². The second kappa shape index (κ2) is 12.4. The van der Waals surface area contributed by atoms with E-state index in [0.717, 1.165) is 31.1 Å². The smallest absolute Gasteiger partial charge is 0.246 e. The lowest BCUT2D eigenvalue weighted by Gasteiger charge is -2.51. The number of carbonyl (C=O) groups is 2. The number of allylic oxidation sites excluding steroid dienone is 1. The summed E-state index contributed by atoms with van der Waals surface area (Å²) in [6.07, 6.45) is 5.89. The van der Waals surface area contributed by atoms with Crippen molar-refractivity contribution in [2.75, 3.05) is 19.6 Å². The van der Waals surface area contributed by atoms with E-state index in [9.17, 15) is 9.59 Å². The van der Waals surface area contributed by atoms with Gasteiger partial charge in [0.25, 0.3) is 0 Å². The van der Waals surface area contributed by atoms with E-state index in [4.69, 9.17) is 4.74 Å². The summed E-state index contributed by atoms with van der Waals surface area (Å²) in [6.45, 7) is 8.94. The Kier molecular flexibility index (Phi) is 9.57. The molecule has 36 heavy (non-hydrogen) atoms. The van der Waals surface area contributed by atoms with Gasteiger partial charge in [0.15, 0.2) is 0 Å². The van der Waals surface area contributed by atoms with Crippen molar-refractivity contribution in [1.82, 2.24) is 15.1 Å². The van der Waals surface area contributed by atoms with Gasteiger partial charge in [-0.1, -0.05) is 56.3 Å². The number of halogens is 1. The van der Waals surface area contributed by atoms with Crippen molar-refractivity contribution in [1.29, 1.82) is 0 Å². The van der Waals surface area contributed by atoms with Crippen LogP contribution < -0.4 is 10.1 Å². The SMILES string of the molecule is C/C=C/CN1C(=O)C(CC(C)C)NC(=O)C12CCN(Cc1ccc(Oc3ccccc3)cc1)CC2.Cl. The summed E-state index contributed by atoms with van der Waals surface area (Å²) < 4.78 is 5.90. The van der Waals surface area contributed by atoms with Gasteiger partial charge in [-0.15, -0.1) is 12.4 Å². The van der Waals surface area contributed by atoms with Crippen LogP contribution in [0.15, 0.2) is 66.7 Å². The monoisotopic (exact) mass is 511 g/mol. The van der Waals surface area contributed by atoms with Gasteiger partial charge in [0.1, 0.15) is 23.1 Å². The molecule has 0 saturated carbocycles. The third kappa shape index (κ3) is 6.29. The Morgan fingerprint density at radius 3 is 2.28 bits per heavy atom. The van der Waals surface area contributed by atoms with Crippen molar-refractivity contribution < 1.29 is 14.3 Å². The first-order valence-corrected chi connectivity index (χ1v) is 12.7. The second-order valence-corrected chi connectivity index (χ2v) is 10.0. The molecule has 2 heterocycles. The van der Waals surface area contributed by atoms with Crippen molar-refractivity contribution in [3.8, 4) is 11.5 Å². The molecule has 194 valence electrons. The number of para-hydroxylation sites is 1. The van der Waals surface area contributed by atoms with Crippen molar-refractivity contribution in [2.24, 2.45) is 5.92 Å². The maximum atomic E-state index is 13.4. The fourth-order valence-electron chi connectivity index (χ4n) is 5.11. The number of nitrogens with one attached hydrogen (secondary N) is 1. The molecule has 1 atom stereocenters. The van der Waals surface area contributed by atoms with Gasteiger partial charge in [0, 0.05) is 26.2 Å². The molecule has 2 aromatic rings. The largest absolute Gasteiger partial charge is 0.457 e. The highest BCUT2D eigenvalue weighted by atomic mass is 35.5. The Morgan fingerprint density at radius 1 is 1.03 bits per heavy atom. The van der Waals surface area contributed by atoms with E-state index in [1.807, 2.05) is 66.4 Å². The average molecular weight is 512 g/mol. The topological polar surface area (TPSA) is 61.9 Å². The number of ether oxygens (including phenoxy) is 1. The fourth-order valence-corrected chi connectivity index (χ4v) is 5.11. The summed E-state index contributed by atoms with van der Waals surface area (Å²) in [7, 11) is 0. The van der Waals surface area contributed by atoms with Crippen LogP contribution in [0.1, 0.15) is 45.6 Å². The lowest BCUT2D eigenvalue weighted by molar-refractivity contribution is -0.160. The highest BCUT2D eigenvalue weighted by Gasteiger charge is 2.53. The minimum atomic E-state index is -0.756. The molecule has 2 aliphatic rings. The summed E-state index contributed by atoms with van der Waals surface area (Å²) in [6, 6.07) is 17.5. The van der Waals surface area contributed by atoms with E-state index >= 15 is 0 Å². The number of likely N-dealkylation sites (tertiary alicyclic amines) is 1. The molecular weight excluding hydrogens is 474 g/mol. The summed E-state index contributed by atoms with van der Waals surface area (Å²) in [5, 5.41) is 3.07. The van der Waals surface area contributed by atoms with Gasteiger partial charge in [0.05, 0.1) is 0 Å². The van der Waals surface area contributed by atoms with E-state index < -0.39 is 11.6 Å². The minimum Gasteiger partial charge on any atom is -0.457 e. The van der Waals surface area contributed by atoms with Crippen LogP contribution in [-0.4, -0.2) is 52.8 Å². The van der Waals surface area contributed by atoms with Crippen LogP contribution in [0.3, 0.4) is 0 Å². The Labute approximate surface area is 221 Å². The van der Waals surface area contributed by atoms with Crippen molar-refractivity contribution in [2.45, 2.75) is 58.2 Å². The van der Waals surface area contributed by atoms with Gasteiger partial charge in [-0.2, -0.15) is 0 Å². The molecule has 7 heteroatoms. The molecule has 0 radical (unpaired) electrons. The van der Waals surface area contributed by atoms with Gasteiger partial charge in [-0.05, 0) is 61.9 Å². The molecule has 2 amide bonds. The normalized spacial score (nSPS) is 20.0. The zero-order chi connectivity index (χ0) is 24.8. The number of hydrogen-bond acceptors (Lipinski definition) is 4. The number of benzene rings is 2. The molecule has 0 aliphatic carbocycles. The van der Waals surface area contributed by atoms with Crippen LogP contribution in [0.5, 0.6) is 11.5 Å². The molecule has 1 spiro atoms. The first kappa shape index (κ1) is 27.8. The van der Waals surface area contributed by atoms with Crippen molar-refractivity contribution in [3.05, 3.63) is 72.3 Å². The molecule has 6 nitrogen and oxygen atoms in total. The summed E-state index contributed by atoms with van der Waals surface area (Å²) in [5.74, 6) is 2.03. The molecule has 1 unspecified atom stereocenters. The number of amides is 2. The van der Waals surface area contributed by atoms with E-state index in [1.54, 1.807) is 0 Å². The van der Waals surface area contributed by atoms with Gasteiger partial charge < -0.3 is 15.0 Å². The minimum absolute atomic E-state index is 0. The van der Waals surface area contributed by atoms with Crippen molar-refractivity contribution >= 4 is 24.2 Å². The number of carbonyl (C=O) groups excluding carboxylic acids is 2. The zero-order valence-electron chi connectivity index (χ0n) is 21.5. The molecule has 1 N–H and O–H groups in total. The molecular formula is C29H38ClN3O3. The van der Waals surface area contributed by atoms with Crippen LogP contribution in [-0.2, 0) is 16.1 Å². The maximum Gasteiger partial charge on any atom is 0.246 e. The van der Waals surface area contributed by atoms with Crippen LogP contribution >= 0.6 is 12.4 Å². The maximum absolute atomic E-state index is 13.4. The van der Waals surface area contributed by atoms with Gasteiger partial charge in [-0.3, -0.25) is 14.5 Å². The highest BCUT2D eigenvalue weighted by molar-refractivity contribution is 6.00. The third-order valence-electron chi connectivity index (χ3n) is 7.03. The van der Waals surface area contributed by atoms with Crippen LogP contribution in [0, 0.1) is 5.92 Å². The lowest BCUT2D eigenvalue weighted by Crippen LogP contribution is -2.72. The average Bonchev–Trinajstić information content (AvgIpc) is 2.85. The number of hydrogen-bond donors (Lipinski definition) is 1. The van der Waals surface area contributed by atoms with Gasteiger partial charge in [0.2, 0.25) is 11.8 Å². The highest BCUT2D eigenvalue weighted by Crippen LogP contribution is 2.34. The van der Waals surface area contributed by atoms with Gasteiger partial charge in [-0.25, -0.2) is 0 Å².